The number of carbonyl (C=O) groups is 1. The molecule has 1 aromatic heterocycles. The molecular weight excluding hydrogens is 318 g/mol. The Labute approximate surface area is 147 Å². The largest absolute Gasteiger partial charge is 0.338 e. The van der Waals surface area contributed by atoms with E-state index in [1.807, 2.05) is 6.07 Å². The van der Waals surface area contributed by atoms with Crippen molar-refractivity contribution >= 4 is 6.03 Å². The number of hydrogen-bond donors (Lipinski definition) is 2. The molecule has 7 heteroatoms. The number of nitrogens with zero attached hydrogens (tertiary/aromatic N) is 3. The molecule has 7 nitrogen and oxygen atoms in total. The topological polar surface area (TPSA) is 83.3 Å². The number of benzene rings is 1. The van der Waals surface area contributed by atoms with Gasteiger partial charge in [-0.05, 0) is 37.8 Å². The molecule has 0 aliphatic carbocycles. The molecule has 1 aromatic carbocycles. The first-order valence-corrected chi connectivity index (χ1v) is 8.76. The molecule has 2 N–H and O–H groups in total. The number of amides is 2. The van der Waals surface area contributed by atoms with Gasteiger partial charge in [-0.15, -0.1) is 0 Å². The molecule has 25 heavy (non-hydrogen) atoms. The Bertz CT molecular complexity index is 673. The zero-order valence-corrected chi connectivity index (χ0v) is 14.6. The Kier molecular flexibility index (Phi) is 6.00. The van der Waals surface area contributed by atoms with Gasteiger partial charge in [0.25, 0.3) is 0 Å². The van der Waals surface area contributed by atoms with E-state index in [4.69, 9.17) is 4.52 Å². The fourth-order valence-corrected chi connectivity index (χ4v) is 3.08. The van der Waals surface area contributed by atoms with E-state index in [-0.39, 0.29) is 12.6 Å². The normalized spacial score (nSPS) is 17.6. The van der Waals surface area contributed by atoms with Crippen molar-refractivity contribution in [2.45, 2.75) is 26.3 Å². The molecule has 0 spiro atoms. The van der Waals surface area contributed by atoms with Crippen molar-refractivity contribution in [3.63, 3.8) is 0 Å². The van der Waals surface area contributed by atoms with Crippen LogP contribution >= 0.6 is 0 Å². The van der Waals surface area contributed by atoms with E-state index in [0.717, 1.165) is 32.5 Å². The molecule has 2 aromatic rings. The van der Waals surface area contributed by atoms with Gasteiger partial charge >= 0.3 is 6.03 Å². The fourth-order valence-electron chi connectivity index (χ4n) is 3.08. The van der Waals surface area contributed by atoms with Crippen molar-refractivity contribution < 1.29 is 9.32 Å². The molecule has 0 bridgehead atoms. The second-order valence-corrected chi connectivity index (χ2v) is 6.49. The standard InChI is InChI=1S/C18H25N5O2/c1-14-21-17(25-22-14)12-20-18(24)19-11-16-8-10-23(13-16)9-7-15-5-3-2-4-6-15/h2-6,16H,7-13H2,1H3,(H2,19,20,24). The van der Waals surface area contributed by atoms with Crippen LogP contribution in [0.25, 0.3) is 0 Å². The van der Waals surface area contributed by atoms with E-state index in [9.17, 15) is 4.79 Å². The second-order valence-electron chi connectivity index (χ2n) is 6.49. The monoisotopic (exact) mass is 343 g/mol. The lowest BCUT2D eigenvalue weighted by atomic mass is 10.1. The maximum atomic E-state index is 11.8. The third-order valence-corrected chi connectivity index (χ3v) is 4.45. The smallest absolute Gasteiger partial charge is 0.315 e. The minimum atomic E-state index is -0.196. The lowest BCUT2D eigenvalue weighted by Gasteiger charge is -2.16. The summed E-state index contributed by atoms with van der Waals surface area (Å²) in [5, 5.41) is 9.35. The molecule has 134 valence electrons. The van der Waals surface area contributed by atoms with E-state index >= 15 is 0 Å². The molecule has 1 atom stereocenters. The summed E-state index contributed by atoms with van der Waals surface area (Å²) in [4.78, 5) is 18.4. The number of hydrogen-bond acceptors (Lipinski definition) is 5. The molecule has 2 amide bonds. The average molecular weight is 343 g/mol. The van der Waals surface area contributed by atoms with E-state index in [1.165, 1.54) is 5.56 Å². The number of nitrogens with one attached hydrogen (secondary N) is 2. The van der Waals surface area contributed by atoms with Crippen LogP contribution in [0.3, 0.4) is 0 Å². The Hall–Kier alpha value is -2.41. The summed E-state index contributed by atoms with van der Waals surface area (Å²) < 4.78 is 4.96. The highest BCUT2D eigenvalue weighted by Gasteiger charge is 2.22. The Morgan fingerprint density at radius 1 is 1.32 bits per heavy atom. The van der Waals surface area contributed by atoms with Crippen LogP contribution in [-0.2, 0) is 13.0 Å². The zero-order valence-electron chi connectivity index (χ0n) is 14.6. The van der Waals surface area contributed by atoms with Gasteiger partial charge in [0.05, 0.1) is 6.54 Å². The quantitative estimate of drug-likeness (QED) is 0.800. The van der Waals surface area contributed by atoms with Crippen molar-refractivity contribution in [2.24, 2.45) is 5.92 Å². The predicted octanol–water partition coefficient (Wildman–Crippen LogP) is 1.74. The summed E-state index contributed by atoms with van der Waals surface area (Å²) >= 11 is 0. The summed E-state index contributed by atoms with van der Waals surface area (Å²) in [6.45, 7) is 5.90. The number of rotatable bonds is 7. The van der Waals surface area contributed by atoms with Gasteiger partial charge in [0.1, 0.15) is 0 Å². The Morgan fingerprint density at radius 3 is 2.92 bits per heavy atom. The van der Waals surface area contributed by atoms with Crippen molar-refractivity contribution in [3.05, 3.63) is 47.6 Å². The number of carbonyl (C=O) groups excluding carboxylic acids is 1. The highest BCUT2D eigenvalue weighted by Crippen LogP contribution is 2.15. The van der Waals surface area contributed by atoms with Crippen molar-refractivity contribution in [1.82, 2.24) is 25.7 Å². The van der Waals surface area contributed by atoms with Gasteiger partial charge in [0.2, 0.25) is 5.89 Å². The van der Waals surface area contributed by atoms with Crippen LogP contribution in [0.15, 0.2) is 34.9 Å². The number of aryl methyl sites for hydroxylation is 1. The molecule has 2 heterocycles. The van der Waals surface area contributed by atoms with Crippen LogP contribution in [0, 0.1) is 12.8 Å². The predicted molar refractivity (Wildman–Crippen MR) is 94.0 cm³/mol. The third kappa shape index (κ3) is 5.56. The average Bonchev–Trinajstić information content (AvgIpc) is 3.26. The van der Waals surface area contributed by atoms with Crippen LogP contribution in [0.5, 0.6) is 0 Å². The number of urea groups is 1. The van der Waals surface area contributed by atoms with E-state index < -0.39 is 0 Å². The van der Waals surface area contributed by atoms with Gasteiger partial charge in [-0.1, -0.05) is 35.5 Å². The lowest BCUT2D eigenvalue weighted by molar-refractivity contribution is 0.236. The maximum Gasteiger partial charge on any atom is 0.315 e. The lowest BCUT2D eigenvalue weighted by Crippen LogP contribution is -2.38. The maximum absolute atomic E-state index is 11.8. The zero-order chi connectivity index (χ0) is 17.5. The fraction of sp³-hybridized carbons (Fsp3) is 0.500. The first-order valence-electron chi connectivity index (χ1n) is 8.76. The number of likely N-dealkylation sites (tertiary alicyclic amines) is 1. The third-order valence-electron chi connectivity index (χ3n) is 4.45. The van der Waals surface area contributed by atoms with Crippen molar-refractivity contribution in [2.75, 3.05) is 26.2 Å². The molecule has 1 fully saturated rings. The van der Waals surface area contributed by atoms with Gasteiger partial charge in [-0.25, -0.2) is 4.79 Å². The van der Waals surface area contributed by atoms with Crippen LogP contribution in [0.4, 0.5) is 4.79 Å². The summed E-state index contributed by atoms with van der Waals surface area (Å²) in [6, 6.07) is 10.4. The summed E-state index contributed by atoms with van der Waals surface area (Å²) in [6.07, 6.45) is 2.20. The van der Waals surface area contributed by atoms with Gasteiger partial charge < -0.3 is 20.1 Å². The molecule has 1 aliphatic rings. The van der Waals surface area contributed by atoms with Crippen LogP contribution in [0.2, 0.25) is 0 Å². The summed E-state index contributed by atoms with van der Waals surface area (Å²) in [5.41, 5.74) is 1.37. The Balaban J connectivity index is 1.30. The van der Waals surface area contributed by atoms with Gasteiger partial charge in [0, 0.05) is 19.6 Å². The van der Waals surface area contributed by atoms with Crippen LogP contribution in [-0.4, -0.2) is 47.3 Å². The highest BCUT2D eigenvalue weighted by atomic mass is 16.5. The minimum absolute atomic E-state index is 0.196. The molecule has 1 unspecified atom stereocenters. The van der Waals surface area contributed by atoms with Crippen LogP contribution < -0.4 is 10.6 Å². The summed E-state index contributed by atoms with van der Waals surface area (Å²) in [7, 11) is 0. The first kappa shape index (κ1) is 17.4. The molecule has 0 saturated carbocycles. The van der Waals surface area contributed by atoms with E-state index in [1.54, 1.807) is 6.92 Å². The van der Waals surface area contributed by atoms with Crippen LogP contribution in [0.1, 0.15) is 23.7 Å². The molecule has 1 saturated heterocycles. The van der Waals surface area contributed by atoms with Crippen molar-refractivity contribution in [1.29, 1.82) is 0 Å². The van der Waals surface area contributed by atoms with Gasteiger partial charge in [0.15, 0.2) is 5.82 Å². The number of aromatic nitrogens is 2. The SMILES string of the molecule is Cc1noc(CNC(=O)NCC2CCN(CCc3ccccc3)C2)n1. The highest BCUT2D eigenvalue weighted by molar-refractivity contribution is 5.73. The second kappa shape index (κ2) is 8.62. The Morgan fingerprint density at radius 2 is 2.16 bits per heavy atom. The first-order chi connectivity index (χ1) is 12.2. The molecule has 3 rings (SSSR count). The molecular formula is C18H25N5O2. The minimum Gasteiger partial charge on any atom is -0.338 e. The van der Waals surface area contributed by atoms with Crippen molar-refractivity contribution in [3.8, 4) is 0 Å². The van der Waals surface area contributed by atoms with E-state index in [0.29, 0.717) is 24.2 Å². The van der Waals surface area contributed by atoms with E-state index in [2.05, 4.69) is 49.9 Å². The van der Waals surface area contributed by atoms with Gasteiger partial charge in [-0.2, -0.15) is 4.98 Å². The van der Waals surface area contributed by atoms with Gasteiger partial charge in [-0.3, -0.25) is 0 Å². The molecule has 0 radical (unpaired) electrons. The summed E-state index contributed by atoms with van der Waals surface area (Å²) in [5.74, 6) is 1.49. The molecule has 1 aliphatic heterocycles.